The minimum atomic E-state index is -0.604. The number of aryl methyl sites for hydroxylation is 1. The summed E-state index contributed by atoms with van der Waals surface area (Å²) in [6, 6.07) is 14.1. The topological polar surface area (TPSA) is 58.6 Å². The van der Waals surface area contributed by atoms with E-state index in [1.807, 2.05) is 31.2 Å². The lowest BCUT2D eigenvalue weighted by molar-refractivity contribution is -0.142. The number of nitrogens with zero attached hydrogens (tertiary/aromatic N) is 1. The van der Waals surface area contributed by atoms with Gasteiger partial charge in [-0.15, -0.1) is 0 Å². The molecule has 0 aliphatic heterocycles. The maximum Gasteiger partial charge on any atom is 0.261 e. The molecule has 156 valence electrons. The number of nitrogens with one attached hydrogen (secondary N) is 1. The Hall–Kier alpha value is -2.53. The highest BCUT2D eigenvalue weighted by atomic mass is 35.5. The smallest absolute Gasteiger partial charge is 0.261 e. The van der Waals surface area contributed by atoms with Crippen LogP contribution in [0.1, 0.15) is 37.8 Å². The van der Waals surface area contributed by atoms with Gasteiger partial charge in [-0.3, -0.25) is 9.59 Å². The van der Waals surface area contributed by atoms with Gasteiger partial charge in [0.1, 0.15) is 11.8 Å². The molecule has 0 bridgehead atoms. The Morgan fingerprint density at radius 3 is 2.48 bits per heavy atom. The quantitative estimate of drug-likeness (QED) is 0.585. The van der Waals surface area contributed by atoms with Gasteiger partial charge in [0.2, 0.25) is 5.91 Å². The number of benzene rings is 2. The molecular weight excluding hydrogens is 388 g/mol. The van der Waals surface area contributed by atoms with Gasteiger partial charge in [0.15, 0.2) is 6.61 Å². The number of hydrogen-bond donors (Lipinski definition) is 1. The van der Waals surface area contributed by atoms with E-state index in [-0.39, 0.29) is 18.4 Å². The van der Waals surface area contributed by atoms with E-state index < -0.39 is 6.04 Å². The molecule has 1 unspecified atom stereocenters. The fraction of sp³-hybridized carbons (Fsp3) is 0.391. The van der Waals surface area contributed by atoms with E-state index in [4.69, 9.17) is 16.3 Å². The summed E-state index contributed by atoms with van der Waals surface area (Å²) in [5.74, 6) is 0.145. The van der Waals surface area contributed by atoms with Crippen LogP contribution in [0.3, 0.4) is 0 Å². The van der Waals surface area contributed by atoms with Gasteiger partial charge in [-0.2, -0.15) is 0 Å². The van der Waals surface area contributed by atoms with Crippen LogP contribution in [-0.2, 0) is 16.1 Å². The van der Waals surface area contributed by atoms with Crippen LogP contribution in [0.5, 0.6) is 5.75 Å². The zero-order valence-corrected chi connectivity index (χ0v) is 18.0. The second kappa shape index (κ2) is 11.5. The van der Waals surface area contributed by atoms with Crippen molar-refractivity contribution in [2.75, 3.05) is 13.2 Å². The van der Waals surface area contributed by atoms with E-state index in [0.717, 1.165) is 24.0 Å². The summed E-state index contributed by atoms with van der Waals surface area (Å²) in [6.45, 7) is 6.61. The van der Waals surface area contributed by atoms with E-state index in [1.54, 1.807) is 36.1 Å². The second-order valence-corrected chi connectivity index (χ2v) is 7.45. The highest BCUT2D eigenvalue weighted by Gasteiger charge is 2.26. The van der Waals surface area contributed by atoms with E-state index in [0.29, 0.717) is 23.9 Å². The summed E-state index contributed by atoms with van der Waals surface area (Å²) in [5, 5.41) is 3.51. The highest BCUT2D eigenvalue weighted by molar-refractivity contribution is 6.30. The Kier molecular flexibility index (Phi) is 9.00. The van der Waals surface area contributed by atoms with Crippen LogP contribution < -0.4 is 10.1 Å². The Bertz CT molecular complexity index is 808. The van der Waals surface area contributed by atoms with Crippen LogP contribution in [0.4, 0.5) is 0 Å². The van der Waals surface area contributed by atoms with Crippen molar-refractivity contribution in [3.63, 3.8) is 0 Å². The van der Waals surface area contributed by atoms with Crippen molar-refractivity contribution in [3.05, 3.63) is 64.7 Å². The molecule has 0 spiro atoms. The van der Waals surface area contributed by atoms with Crippen molar-refractivity contribution in [3.8, 4) is 5.75 Å². The minimum absolute atomic E-state index is 0.153. The molecule has 1 atom stereocenters. The first-order valence-corrected chi connectivity index (χ1v) is 10.3. The summed E-state index contributed by atoms with van der Waals surface area (Å²) in [5.41, 5.74) is 2.07. The van der Waals surface area contributed by atoms with Crippen LogP contribution in [0, 0.1) is 6.92 Å². The zero-order valence-electron chi connectivity index (χ0n) is 17.3. The molecule has 2 rings (SSSR count). The van der Waals surface area contributed by atoms with Gasteiger partial charge in [0.25, 0.3) is 5.91 Å². The normalized spacial score (nSPS) is 11.6. The van der Waals surface area contributed by atoms with Crippen LogP contribution in [0.2, 0.25) is 5.02 Å². The van der Waals surface area contributed by atoms with E-state index >= 15 is 0 Å². The predicted octanol–water partition coefficient (Wildman–Crippen LogP) is 4.36. The zero-order chi connectivity index (χ0) is 21.2. The fourth-order valence-corrected chi connectivity index (χ4v) is 2.97. The standard InChI is InChI=1S/C23H29ClN2O3/c1-4-5-14-25-23(28)18(3)26(15-19-9-7-6-8-17(19)2)22(27)16-29-21-12-10-20(24)11-13-21/h6-13,18H,4-5,14-16H2,1-3H3,(H,25,28). The number of halogens is 1. The molecular formula is C23H29ClN2O3. The first-order chi connectivity index (χ1) is 13.9. The first-order valence-electron chi connectivity index (χ1n) is 9.92. The van der Waals surface area contributed by atoms with Crippen molar-refractivity contribution in [2.24, 2.45) is 0 Å². The molecule has 2 aromatic rings. The second-order valence-electron chi connectivity index (χ2n) is 7.01. The first kappa shape index (κ1) is 22.8. The molecule has 0 saturated carbocycles. The van der Waals surface area contributed by atoms with Crippen LogP contribution in [-0.4, -0.2) is 35.9 Å². The molecule has 1 N–H and O–H groups in total. The Balaban J connectivity index is 2.11. The number of unbranched alkanes of at least 4 members (excludes halogenated alkanes) is 1. The monoisotopic (exact) mass is 416 g/mol. The number of carbonyl (C=O) groups excluding carboxylic acids is 2. The lowest BCUT2D eigenvalue weighted by Gasteiger charge is -2.29. The summed E-state index contributed by atoms with van der Waals surface area (Å²) < 4.78 is 5.62. The van der Waals surface area contributed by atoms with Gasteiger partial charge in [-0.1, -0.05) is 49.2 Å². The lowest BCUT2D eigenvalue weighted by Crippen LogP contribution is -2.49. The lowest BCUT2D eigenvalue weighted by atomic mass is 10.1. The molecule has 2 amide bonds. The number of hydrogen-bond acceptors (Lipinski definition) is 3. The average molecular weight is 417 g/mol. The summed E-state index contributed by atoms with van der Waals surface area (Å²) in [6.07, 6.45) is 1.90. The molecule has 29 heavy (non-hydrogen) atoms. The summed E-state index contributed by atoms with van der Waals surface area (Å²) >= 11 is 5.88. The molecule has 0 radical (unpaired) electrons. The van der Waals surface area contributed by atoms with Crippen molar-refractivity contribution in [1.82, 2.24) is 10.2 Å². The molecule has 0 aliphatic rings. The van der Waals surface area contributed by atoms with Gasteiger partial charge in [-0.25, -0.2) is 0 Å². The molecule has 0 aromatic heterocycles. The molecule has 6 heteroatoms. The fourth-order valence-electron chi connectivity index (χ4n) is 2.85. The predicted molar refractivity (Wildman–Crippen MR) is 116 cm³/mol. The largest absolute Gasteiger partial charge is 0.484 e. The van der Waals surface area contributed by atoms with Crippen molar-refractivity contribution >= 4 is 23.4 Å². The molecule has 5 nitrogen and oxygen atoms in total. The maximum atomic E-state index is 13.0. The molecule has 0 fully saturated rings. The van der Waals surface area contributed by atoms with Gasteiger partial charge in [0, 0.05) is 18.1 Å². The van der Waals surface area contributed by atoms with Gasteiger partial charge < -0.3 is 15.0 Å². The van der Waals surface area contributed by atoms with E-state index in [2.05, 4.69) is 12.2 Å². The molecule has 0 heterocycles. The maximum absolute atomic E-state index is 13.0. The van der Waals surface area contributed by atoms with Gasteiger partial charge in [-0.05, 0) is 55.7 Å². The van der Waals surface area contributed by atoms with Crippen LogP contribution >= 0.6 is 11.6 Å². The molecule has 2 aromatic carbocycles. The average Bonchev–Trinajstić information content (AvgIpc) is 2.72. The number of amides is 2. The number of ether oxygens (including phenoxy) is 1. The molecule has 0 aliphatic carbocycles. The number of rotatable bonds is 10. The number of carbonyl (C=O) groups is 2. The summed E-state index contributed by atoms with van der Waals surface area (Å²) in [4.78, 5) is 27.1. The van der Waals surface area contributed by atoms with E-state index in [1.165, 1.54) is 0 Å². The molecule has 0 saturated heterocycles. The Labute approximate surface area is 178 Å². The van der Waals surface area contributed by atoms with Crippen LogP contribution in [0.15, 0.2) is 48.5 Å². The SMILES string of the molecule is CCCCNC(=O)C(C)N(Cc1ccccc1C)C(=O)COc1ccc(Cl)cc1. The summed E-state index contributed by atoms with van der Waals surface area (Å²) in [7, 11) is 0. The van der Waals surface area contributed by atoms with Crippen molar-refractivity contribution < 1.29 is 14.3 Å². The van der Waals surface area contributed by atoms with Gasteiger partial charge >= 0.3 is 0 Å². The third-order valence-corrected chi connectivity index (χ3v) is 5.03. The third-order valence-electron chi connectivity index (χ3n) is 4.77. The Morgan fingerprint density at radius 2 is 1.83 bits per heavy atom. The van der Waals surface area contributed by atoms with Crippen LogP contribution in [0.25, 0.3) is 0 Å². The van der Waals surface area contributed by atoms with Crippen molar-refractivity contribution in [2.45, 2.75) is 46.2 Å². The van der Waals surface area contributed by atoms with Gasteiger partial charge in [0.05, 0.1) is 0 Å². The van der Waals surface area contributed by atoms with E-state index in [9.17, 15) is 9.59 Å². The minimum Gasteiger partial charge on any atom is -0.484 e. The third kappa shape index (κ3) is 7.09. The Morgan fingerprint density at radius 1 is 1.14 bits per heavy atom. The van der Waals surface area contributed by atoms with Crippen molar-refractivity contribution in [1.29, 1.82) is 0 Å². The highest BCUT2D eigenvalue weighted by Crippen LogP contribution is 2.17.